The van der Waals surface area contributed by atoms with Crippen molar-refractivity contribution in [2.24, 2.45) is 5.92 Å². The molecule has 3 aromatic rings. The average molecular weight is 402 g/mol. The molecule has 2 aromatic carbocycles. The SMILES string of the molecule is O=C(Cc1ccccc1)N1CCC(C(O)CC2c3ccccc3-c3nncn32)CC1. The third kappa shape index (κ3) is 3.52. The van der Waals surface area contributed by atoms with Crippen molar-refractivity contribution in [3.63, 3.8) is 0 Å². The number of aromatic nitrogens is 3. The first-order chi connectivity index (χ1) is 14.7. The first-order valence-corrected chi connectivity index (χ1v) is 10.7. The molecule has 1 saturated heterocycles. The Morgan fingerprint density at radius 1 is 1.07 bits per heavy atom. The van der Waals surface area contributed by atoms with E-state index >= 15 is 0 Å². The molecule has 0 bridgehead atoms. The number of hydrogen-bond acceptors (Lipinski definition) is 4. The number of benzene rings is 2. The number of likely N-dealkylation sites (tertiary alicyclic amines) is 1. The van der Waals surface area contributed by atoms with Crippen molar-refractivity contribution in [1.82, 2.24) is 19.7 Å². The number of amides is 1. The van der Waals surface area contributed by atoms with Gasteiger partial charge in [0.15, 0.2) is 5.82 Å². The Labute approximate surface area is 176 Å². The Kier molecular flexibility index (Phi) is 5.09. The summed E-state index contributed by atoms with van der Waals surface area (Å²) in [5.41, 5.74) is 3.36. The summed E-state index contributed by atoms with van der Waals surface area (Å²) in [5.74, 6) is 1.26. The summed E-state index contributed by atoms with van der Waals surface area (Å²) in [6.07, 6.45) is 4.12. The van der Waals surface area contributed by atoms with E-state index < -0.39 is 6.10 Å². The number of carbonyl (C=O) groups excluding carboxylic acids is 1. The van der Waals surface area contributed by atoms with Crippen LogP contribution in [0.2, 0.25) is 0 Å². The van der Waals surface area contributed by atoms with E-state index in [1.165, 1.54) is 5.56 Å². The van der Waals surface area contributed by atoms with Gasteiger partial charge < -0.3 is 14.6 Å². The molecule has 2 atom stereocenters. The quantitative estimate of drug-likeness (QED) is 0.712. The largest absolute Gasteiger partial charge is 0.393 e. The van der Waals surface area contributed by atoms with Gasteiger partial charge in [0.1, 0.15) is 6.33 Å². The van der Waals surface area contributed by atoms with Gasteiger partial charge in [-0.25, -0.2) is 0 Å². The number of aliphatic hydroxyl groups is 1. The Morgan fingerprint density at radius 2 is 1.80 bits per heavy atom. The van der Waals surface area contributed by atoms with E-state index in [2.05, 4.69) is 26.9 Å². The monoisotopic (exact) mass is 402 g/mol. The summed E-state index contributed by atoms with van der Waals surface area (Å²) < 4.78 is 2.08. The molecule has 2 aliphatic rings. The second kappa shape index (κ2) is 8.03. The van der Waals surface area contributed by atoms with Crippen molar-refractivity contribution in [2.45, 2.75) is 37.8 Å². The molecule has 30 heavy (non-hydrogen) atoms. The van der Waals surface area contributed by atoms with Crippen LogP contribution in [0.3, 0.4) is 0 Å². The summed E-state index contributed by atoms with van der Waals surface area (Å²) >= 11 is 0. The number of carbonyl (C=O) groups is 1. The lowest BCUT2D eigenvalue weighted by Gasteiger charge is -2.35. The summed E-state index contributed by atoms with van der Waals surface area (Å²) in [7, 11) is 0. The van der Waals surface area contributed by atoms with Gasteiger partial charge in [0.25, 0.3) is 0 Å². The highest BCUT2D eigenvalue weighted by molar-refractivity contribution is 5.78. The standard InChI is InChI=1S/C24H26N4O2/c29-22(15-21-19-8-4-5-9-20(19)24-26-25-16-28(21)24)18-10-12-27(13-11-18)23(30)14-17-6-2-1-3-7-17/h1-9,16,18,21-22,29H,10-15H2. The van der Waals surface area contributed by atoms with Gasteiger partial charge in [0.2, 0.25) is 5.91 Å². The van der Waals surface area contributed by atoms with Crippen LogP contribution in [0.1, 0.15) is 36.4 Å². The normalized spacial score (nSPS) is 19.4. The van der Waals surface area contributed by atoms with Crippen LogP contribution in [0, 0.1) is 5.92 Å². The van der Waals surface area contributed by atoms with Crippen LogP contribution in [0.4, 0.5) is 0 Å². The molecule has 6 nitrogen and oxygen atoms in total. The first kappa shape index (κ1) is 19.0. The molecule has 0 spiro atoms. The fraction of sp³-hybridized carbons (Fsp3) is 0.375. The zero-order valence-electron chi connectivity index (χ0n) is 16.9. The number of nitrogens with zero attached hydrogens (tertiary/aromatic N) is 4. The number of piperidine rings is 1. The maximum atomic E-state index is 12.6. The summed E-state index contributed by atoms with van der Waals surface area (Å²) in [6, 6.07) is 18.2. The minimum absolute atomic E-state index is 0.0685. The number of rotatable bonds is 5. The molecule has 2 unspecified atom stereocenters. The van der Waals surface area contributed by atoms with Crippen molar-refractivity contribution in [2.75, 3.05) is 13.1 Å². The van der Waals surface area contributed by atoms with Crippen LogP contribution in [0.25, 0.3) is 11.4 Å². The summed E-state index contributed by atoms with van der Waals surface area (Å²) in [4.78, 5) is 14.6. The zero-order valence-corrected chi connectivity index (χ0v) is 16.9. The summed E-state index contributed by atoms with van der Waals surface area (Å²) in [5, 5.41) is 19.3. The van der Waals surface area contributed by atoms with E-state index in [1.807, 2.05) is 47.4 Å². The molecule has 2 aliphatic heterocycles. The first-order valence-electron chi connectivity index (χ1n) is 10.7. The van der Waals surface area contributed by atoms with Gasteiger partial charge in [-0.1, -0.05) is 54.6 Å². The van der Waals surface area contributed by atoms with Gasteiger partial charge in [0.05, 0.1) is 18.6 Å². The number of hydrogen-bond donors (Lipinski definition) is 1. The van der Waals surface area contributed by atoms with Crippen LogP contribution in [0.15, 0.2) is 60.9 Å². The van der Waals surface area contributed by atoms with Gasteiger partial charge in [-0.15, -0.1) is 10.2 Å². The average Bonchev–Trinajstić information content (AvgIpc) is 3.37. The summed E-state index contributed by atoms with van der Waals surface area (Å²) in [6.45, 7) is 1.43. The second-order valence-electron chi connectivity index (χ2n) is 8.35. The molecular weight excluding hydrogens is 376 g/mol. The van der Waals surface area contributed by atoms with Gasteiger partial charge >= 0.3 is 0 Å². The highest BCUT2D eigenvalue weighted by Crippen LogP contribution is 2.41. The Morgan fingerprint density at radius 3 is 2.60 bits per heavy atom. The predicted octanol–water partition coefficient (Wildman–Crippen LogP) is 3.08. The van der Waals surface area contributed by atoms with Crippen molar-refractivity contribution in [3.05, 3.63) is 72.1 Å². The molecule has 1 fully saturated rings. The molecule has 0 aliphatic carbocycles. The topological polar surface area (TPSA) is 71.2 Å². The highest BCUT2D eigenvalue weighted by Gasteiger charge is 2.34. The molecule has 3 heterocycles. The van der Waals surface area contributed by atoms with Gasteiger partial charge in [-0.2, -0.15) is 0 Å². The van der Waals surface area contributed by atoms with E-state index in [1.54, 1.807) is 6.33 Å². The fourth-order valence-corrected chi connectivity index (χ4v) is 4.88. The van der Waals surface area contributed by atoms with Crippen LogP contribution >= 0.6 is 0 Å². The van der Waals surface area contributed by atoms with Crippen LogP contribution in [-0.2, 0) is 11.2 Å². The van der Waals surface area contributed by atoms with Crippen molar-refractivity contribution in [3.8, 4) is 11.4 Å². The minimum atomic E-state index is -0.414. The predicted molar refractivity (Wildman–Crippen MR) is 114 cm³/mol. The Bertz CT molecular complexity index is 1020. The van der Waals surface area contributed by atoms with Crippen LogP contribution in [-0.4, -0.2) is 49.9 Å². The lowest BCUT2D eigenvalue weighted by molar-refractivity contribution is -0.132. The molecule has 6 heteroatoms. The number of aliphatic hydroxyl groups excluding tert-OH is 1. The van der Waals surface area contributed by atoms with E-state index in [0.29, 0.717) is 25.9 Å². The van der Waals surface area contributed by atoms with Gasteiger partial charge in [-0.05, 0) is 36.3 Å². The van der Waals surface area contributed by atoms with E-state index in [-0.39, 0.29) is 17.9 Å². The maximum Gasteiger partial charge on any atom is 0.226 e. The lowest BCUT2D eigenvalue weighted by atomic mass is 9.86. The van der Waals surface area contributed by atoms with E-state index in [9.17, 15) is 9.90 Å². The molecule has 1 amide bonds. The molecule has 0 saturated carbocycles. The lowest BCUT2D eigenvalue weighted by Crippen LogP contribution is -2.42. The number of fused-ring (bicyclic) bond motifs is 3. The van der Waals surface area contributed by atoms with Crippen molar-refractivity contribution < 1.29 is 9.90 Å². The van der Waals surface area contributed by atoms with Crippen molar-refractivity contribution in [1.29, 1.82) is 0 Å². The van der Waals surface area contributed by atoms with E-state index in [4.69, 9.17) is 0 Å². The van der Waals surface area contributed by atoms with Crippen molar-refractivity contribution >= 4 is 5.91 Å². The van der Waals surface area contributed by atoms with Gasteiger partial charge in [-0.3, -0.25) is 4.79 Å². The highest BCUT2D eigenvalue weighted by atomic mass is 16.3. The molecule has 154 valence electrons. The molecule has 5 rings (SSSR count). The minimum Gasteiger partial charge on any atom is -0.393 e. The molecule has 1 N–H and O–H groups in total. The molecule has 1 aromatic heterocycles. The third-order valence-corrected chi connectivity index (χ3v) is 6.57. The Hall–Kier alpha value is -2.99. The van der Waals surface area contributed by atoms with Crippen LogP contribution < -0.4 is 0 Å². The van der Waals surface area contributed by atoms with E-state index in [0.717, 1.165) is 29.8 Å². The smallest absolute Gasteiger partial charge is 0.226 e. The second-order valence-corrected chi connectivity index (χ2v) is 8.35. The Balaban J connectivity index is 1.20. The molecular formula is C24H26N4O2. The third-order valence-electron chi connectivity index (χ3n) is 6.57. The maximum absolute atomic E-state index is 12.6. The fourth-order valence-electron chi connectivity index (χ4n) is 4.88. The molecule has 0 radical (unpaired) electrons. The van der Waals surface area contributed by atoms with Gasteiger partial charge in [0, 0.05) is 18.7 Å². The zero-order chi connectivity index (χ0) is 20.5. The van der Waals surface area contributed by atoms with Crippen LogP contribution in [0.5, 0.6) is 0 Å².